The van der Waals surface area contributed by atoms with Crippen LogP contribution in [0.3, 0.4) is 0 Å². The van der Waals surface area contributed by atoms with Gasteiger partial charge in [0.05, 0.1) is 18.3 Å². The lowest BCUT2D eigenvalue weighted by molar-refractivity contribution is -0.0583. The minimum atomic E-state index is -0.928. The van der Waals surface area contributed by atoms with Crippen molar-refractivity contribution in [3.63, 3.8) is 0 Å². The predicted molar refractivity (Wildman–Crippen MR) is 77.8 cm³/mol. The summed E-state index contributed by atoms with van der Waals surface area (Å²) in [4.78, 5) is 13.4. The second kappa shape index (κ2) is 6.45. The highest BCUT2D eigenvalue weighted by Crippen LogP contribution is 2.29. The van der Waals surface area contributed by atoms with E-state index < -0.39 is 5.97 Å². The van der Waals surface area contributed by atoms with Crippen molar-refractivity contribution in [2.24, 2.45) is 0 Å². The summed E-state index contributed by atoms with van der Waals surface area (Å²) in [6, 6.07) is 7.18. The van der Waals surface area contributed by atoms with Crippen molar-refractivity contribution in [1.29, 1.82) is 0 Å². The Kier molecular flexibility index (Phi) is 4.41. The fourth-order valence-corrected chi connectivity index (χ4v) is 3.28. The molecule has 114 valence electrons. The van der Waals surface area contributed by atoms with Crippen LogP contribution in [0.4, 0.5) is 0 Å². The van der Waals surface area contributed by atoms with E-state index in [-0.39, 0.29) is 5.56 Å². The number of hydrogen-bond donors (Lipinski definition) is 1. The van der Waals surface area contributed by atoms with E-state index in [1.165, 1.54) is 19.3 Å². The Balaban J connectivity index is 1.51. The number of rotatable bonds is 5. The fraction of sp³-hybridized carbons (Fsp3) is 0.562. The van der Waals surface area contributed by atoms with Gasteiger partial charge in [0.1, 0.15) is 12.4 Å². The van der Waals surface area contributed by atoms with Crippen LogP contribution in [0.1, 0.15) is 29.6 Å². The smallest absolute Gasteiger partial charge is 0.335 e. The topological polar surface area (TPSA) is 59.0 Å². The second-order valence-electron chi connectivity index (χ2n) is 5.62. The van der Waals surface area contributed by atoms with E-state index >= 15 is 0 Å². The van der Waals surface area contributed by atoms with Gasteiger partial charge in [-0.25, -0.2) is 4.79 Å². The van der Waals surface area contributed by atoms with E-state index in [1.54, 1.807) is 24.3 Å². The van der Waals surface area contributed by atoms with Crippen molar-refractivity contribution < 1.29 is 19.4 Å². The van der Waals surface area contributed by atoms with Gasteiger partial charge in [-0.05, 0) is 37.5 Å². The summed E-state index contributed by atoms with van der Waals surface area (Å²) < 4.78 is 11.5. The maximum Gasteiger partial charge on any atom is 0.335 e. The standard InChI is InChI=1S/C16H21NO4/c18-16(19)12-3-1-4-13(11-12)20-9-7-17-8-10-21-15-6-2-5-14(15)17/h1,3-4,11,14-15H,2,5-10H2,(H,18,19). The third-order valence-corrected chi connectivity index (χ3v) is 4.33. The predicted octanol–water partition coefficient (Wildman–Crippen LogP) is 2.02. The Morgan fingerprint density at radius 1 is 1.43 bits per heavy atom. The van der Waals surface area contributed by atoms with Crippen LogP contribution >= 0.6 is 0 Å². The van der Waals surface area contributed by atoms with Gasteiger partial charge in [-0.3, -0.25) is 4.90 Å². The molecule has 2 unspecified atom stereocenters. The maximum absolute atomic E-state index is 10.9. The molecule has 1 aromatic carbocycles. The molecular formula is C16H21NO4. The summed E-state index contributed by atoms with van der Waals surface area (Å²) in [6.07, 6.45) is 4.02. The lowest BCUT2D eigenvalue weighted by Crippen LogP contribution is -2.49. The Labute approximate surface area is 124 Å². The molecule has 2 atom stereocenters. The number of hydrogen-bond acceptors (Lipinski definition) is 4. The zero-order valence-corrected chi connectivity index (χ0v) is 12.0. The van der Waals surface area contributed by atoms with Crippen LogP contribution in [-0.4, -0.2) is 54.4 Å². The van der Waals surface area contributed by atoms with E-state index in [4.69, 9.17) is 14.6 Å². The molecule has 0 spiro atoms. The molecule has 3 rings (SSSR count). The first-order chi connectivity index (χ1) is 10.2. The molecule has 1 aliphatic carbocycles. The van der Waals surface area contributed by atoms with Gasteiger partial charge in [-0.1, -0.05) is 6.07 Å². The van der Waals surface area contributed by atoms with Crippen molar-refractivity contribution in [1.82, 2.24) is 4.90 Å². The SMILES string of the molecule is O=C(O)c1cccc(OCCN2CCOC3CCCC32)c1. The number of carbonyl (C=O) groups is 1. The number of aromatic carboxylic acids is 1. The van der Waals surface area contributed by atoms with Crippen LogP contribution < -0.4 is 4.74 Å². The first-order valence-corrected chi connectivity index (χ1v) is 7.56. The highest BCUT2D eigenvalue weighted by molar-refractivity contribution is 5.87. The average molecular weight is 291 g/mol. The van der Waals surface area contributed by atoms with E-state index in [0.717, 1.165) is 19.7 Å². The Morgan fingerprint density at radius 2 is 2.33 bits per heavy atom. The third kappa shape index (κ3) is 3.36. The molecule has 1 aliphatic heterocycles. The molecule has 0 bridgehead atoms. The van der Waals surface area contributed by atoms with Crippen LogP contribution in [0.15, 0.2) is 24.3 Å². The lowest BCUT2D eigenvalue weighted by Gasteiger charge is -2.37. The van der Waals surface area contributed by atoms with Crippen molar-refractivity contribution in [3.8, 4) is 5.75 Å². The summed E-state index contributed by atoms with van der Waals surface area (Å²) >= 11 is 0. The van der Waals surface area contributed by atoms with Crippen LogP contribution in [0.5, 0.6) is 5.75 Å². The van der Waals surface area contributed by atoms with Gasteiger partial charge in [0.25, 0.3) is 0 Å². The molecule has 1 aromatic rings. The minimum absolute atomic E-state index is 0.259. The summed E-state index contributed by atoms with van der Waals surface area (Å²) in [7, 11) is 0. The molecule has 1 heterocycles. The average Bonchev–Trinajstić information content (AvgIpc) is 2.97. The van der Waals surface area contributed by atoms with Crippen molar-refractivity contribution >= 4 is 5.97 Å². The maximum atomic E-state index is 10.9. The number of fused-ring (bicyclic) bond motifs is 1. The fourth-order valence-electron chi connectivity index (χ4n) is 3.28. The van der Waals surface area contributed by atoms with Crippen molar-refractivity contribution in [2.45, 2.75) is 31.4 Å². The first kappa shape index (κ1) is 14.4. The summed E-state index contributed by atoms with van der Waals surface area (Å²) in [5, 5.41) is 8.96. The highest BCUT2D eigenvalue weighted by Gasteiger charge is 2.35. The summed E-state index contributed by atoms with van der Waals surface area (Å²) in [5.74, 6) is -0.312. The molecule has 2 aliphatic rings. The summed E-state index contributed by atoms with van der Waals surface area (Å²) in [6.45, 7) is 3.20. The Morgan fingerprint density at radius 3 is 3.19 bits per heavy atom. The van der Waals surface area contributed by atoms with E-state index in [1.807, 2.05) is 0 Å². The van der Waals surface area contributed by atoms with Crippen molar-refractivity contribution in [2.75, 3.05) is 26.3 Å². The lowest BCUT2D eigenvalue weighted by atomic mass is 10.1. The van der Waals surface area contributed by atoms with Gasteiger partial charge < -0.3 is 14.6 Å². The zero-order valence-electron chi connectivity index (χ0n) is 12.0. The van der Waals surface area contributed by atoms with Crippen LogP contribution in [0.2, 0.25) is 0 Å². The highest BCUT2D eigenvalue weighted by atomic mass is 16.5. The van der Waals surface area contributed by atoms with Gasteiger partial charge in [-0.2, -0.15) is 0 Å². The van der Waals surface area contributed by atoms with Gasteiger partial charge in [0.2, 0.25) is 0 Å². The molecule has 2 fully saturated rings. The number of nitrogens with zero attached hydrogens (tertiary/aromatic N) is 1. The van der Waals surface area contributed by atoms with Gasteiger partial charge in [-0.15, -0.1) is 0 Å². The molecule has 5 heteroatoms. The third-order valence-electron chi connectivity index (χ3n) is 4.33. The normalized spacial score (nSPS) is 25.5. The van der Waals surface area contributed by atoms with Crippen LogP contribution in [0.25, 0.3) is 0 Å². The second-order valence-corrected chi connectivity index (χ2v) is 5.62. The quantitative estimate of drug-likeness (QED) is 0.899. The number of carboxylic acid groups (broad SMARTS) is 1. The van der Waals surface area contributed by atoms with Gasteiger partial charge in [0.15, 0.2) is 0 Å². The largest absolute Gasteiger partial charge is 0.492 e. The van der Waals surface area contributed by atoms with E-state index in [0.29, 0.717) is 24.5 Å². The Bertz CT molecular complexity index is 505. The molecule has 5 nitrogen and oxygen atoms in total. The molecule has 0 amide bonds. The van der Waals surface area contributed by atoms with Gasteiger partial charge in [0, 0.05) is 19.1 Å². The first-order valence-electron chi connectivity index (χ1n) is 7.56. The van der Waals surface area contributed by atoms with Gasteiger partial charge >= 0.3 is 5.97 Å². The van der Waals surface area contributed by atoms with E-state index in [2.05, 4.69) is 4.90 Å². The number of ether oxygens (including phenoxy) is 2. The molecular weight excluding hydrogens is 270 g/mol. The number of carboxylic acids is 1. The van der Waals surface area contributed by atoms with E-state index in [9.17, 15) is 4.79 Å². The number of morpholine rings is 1. The zero-order chi connectivity index (χ0) is 14.7. The monoisotopic (exact) mass is 291 g/mol. The molecule has 21 heavy (non-hydrogen) atoms. The number of benzene rings is 1. The molecule has 0 aromatic heterocycles. The molecule has 0 radical (unpaired) electrons. The van der Waals surface area contributed by atoms with Crippen LogP contribution in [-0.2, 0) is 4.74 Å². The summed E-state index contributed by atoms with van der Waals surface area (Å²) in [5.41, 5.74) is 0.259. The molecule has 1 saturated heterocycles. The van der Waals surface area contributed by atoms with Crippen molar-refractivity contribution in [3.05, 3.63) is 29.8 Å². The minimum Gasteiger partial charge on any atom is -0.492 e. The Hall–Kier alpha value is -1.59. The molecule has 1 saturated carbocycles. The molecule has 1 N–H and O–H groups in total. The van der Waals surface area contributed by atoms with Crippen LogP contribution in [0, 0.1) is 0 Å².